The number of rotatable bonds is 9. The summed E-state index contributed by atoms with van der Waals surface area (Å²) < 4.78 is 43.5. The van der Waals surface area contributed by atoms with Gasteiger partial charge in [0.1, 0.15) is 4.90 Å². The molecular weight excluding hydrogens is 468 g/mol. The Morgan fingerprint density at radius 3 is 2.21 bits per heavy atom. The van der Waals surface area contributed by atoms with Crippen LogP contribution < -0.4 is 19.5 Å². The predicted molar refractivity (Wildman–Crippen MR) is 127 cm³/mol. The SMILES string of the molecule is COc1cc(CCC(=O)Nc2ccc(Cl)c(S(=O)(=O)N3CCCCC3)c2)cc(OC)c1OC. The molecule has 2 aromatic carbocycles. The monoisotopic (exact) mass is 496 g/mol. The Hall–Kier alpha value is -2.49. The summed E-state index contributed by atoms with van der Waals surface area (Å²) in [5.41, 5.74) is 1.22. The normalized spacial score (nSPS) is 14.5. The van der Waals surface area contributed by atoms with E-state index in [2.05, 4.69) is 5.32 Å². The van der Waals surface area contributed by atoms with E-state index in [1.807, 2.05) is 0 Å². The van der Waals surface area contributed by atoms with Crippen molar-refractivity contribution in [1.82, 2.24) is 4.31 Å². The Kier molecular flexibility index (Phi) is 8.45. The summed E-state index contributed by atoms with van der Waals surface area (Å²) in [4.78, 5) is 12.6. The number of ether oxygens (including phenoxy) is 3. The number of carbonyl (C=O) groups is 1. The van der Waals surface area contributed by atoms with Gasteiger partial charge in [-0.1, -0.05) is 18.0 Å². The number of piperidine rings is 1. The van der Waals surface area contributed by atoms with Gasteiger partial charge in [-0.3, -0.25) is 4.79 Å². The van der Waals surface area contributed by atoms with E-state index >= 15 is 0 Å². The average Bonchev–Trinajstić information content (AvgIpc) is 2.83. The fourth-order valence-corrected chi connectivity index (χ4v) is 5.80. The molecule has 1 aliphatic rings. The molecule has 1 aliphatic heterocycles. The molecule has 0 aromatic heterocycles. The molecule has 0 spiro atoms. The standard InChI is InChI=1S/C23H29ClN2O6S/c1-30-19-13-16(14-20(31-2)23(19)32-3)7-10-22(27)25-17-8-9-18(24)21(15-17)33(28,29)26-11-5-4-6-12-26/h8-9,13-15H,4-7,10-12H2,1-3H3,(H,25,27). The highest BCUT2D eigenvalue weighted by molar-refractivity contribution is 7.89. The van der Waals surface area contributed by atoms with E-state index in [9.17, 15) is 13.2 Å². The quantitative estimate of drug-likeness (QED) is 0.561. The van der Waals surface area contributed by atoms with Crippen LogP contribution in [0.15, 0.2) is 35.2 Å². The first kappa shape index (κ1) is 25.1. The van der Waals surface area contributed by atoms with Crippen LogP contribution in [0.5, 0.6) is 17.2 Å². The second-order valence-corrected chi connectivity index (χ2v) is 10.0. The number of anilines is 1. The lowest BCUT2D eigenvalue weighted by molar-refractivity contribution is -0.116. The summed E-state index contributed by atoms with van der Waals surface area (Å²) in [5.74, 6) is 1.25. The maximum Gasteiger partial charge on any atom is 0.244 e. The van der Waals surface area contributed by atoms with Gasteiger partial charge in [0.25, 0.3) is 0 Å². The number of amides is 1. The van der Waals surface area contributed by atoms with Crippen molar-refractivity contribution in [2.75, 3.05) is 39.7 Å². The summed E-state index contributed by atoms with van der Waals surface area (Å²) in [6, 6.07) is 8.09. The third-order valence-corrected chi connectivity index (χ3v) is 7.89. The van der Waals surface area contributed by atoms with Crippen molar-refractivity contribution >= 4 is 33.2 Å². The van der Waals surface area contributed by atoms with Crippen molar-refractivity contribution < 1.29 is 27.4 Å². The second kappa shape index (κ2) is 11.1. The van der Waals surface area contributed by atoms with Crippen LogP contribution in [-0.4, -0.2) is 53.0 Å². The highest BCUT2D eigenvalue weighted by Crippen LogP contribution is 2.38. The lowest BCUT2D eigenvalue weighted by Gasteiger charge is -2.26. The van der Waals surface area contributed by atoms with Crippen LogP contribution in [0.3, 0.4) is 0 Å². The largest absolute Gasteiger partial charge is 0.493 e. The molecular formula is C23H29ClN2O6S. The Balaban J connectivity index is 1.71. The van der Waals surface area contributed by atoms with Crippen LogP contribution in [0.2, 0.25) is 5.02 Å². The van der Waals surface area contributed by atoms with Crippen molar-refractivity contribution in [2.45, 2.75) is 37.0 Å². The molecule has 0 atom stereocenters. The Bertz CT molecular complexity index is 1080. The molecule has 0 saturated carbocycles. The van der Waals surface area contributed by atoms with Crippen LogP contribution in [0.1, 0.15) is 31.2 Å². The molecule has 0 bridgehead atoms. The van der Waals surface area contributed by atoms with E-state index in [0.29, 0.717) is 42.4 Å². The number of benzene rings is 2. The molecule has 3 rings (SSSR count). The summed E-state index contributed by atoms with van der Waals surface area (Å²) >= 11 is 6.21. The minimum atomic E-state index is -3.72. The molecule has 1 N–H and O–H groups in total. The van der Waals surface area contributed by atoms with Gasteiger partial charge in [0.15, 0.2) is 11.5 Å². The van der Waals surface area contributed by atoms with Crippen molar-refractivity contribution in [3.8, 4) is 17.2 Å². The van der Waals surface area contributed by atoms with Crippen LogP contribution in [0, 0.1) is 0 Å². The van der Waals surface area contributed by atoms with Crippen molar-refractivity contribution in [1.29, 1.82) is 0 Å². The fourth-order valence-electron chi connectivity index (χ4n) is 3.78. The van der Waals surface area contributed by atoms with E-state index in [-0.39, 0.29) is 22.2 Å². The first-order valence-electron chi connectivity index (χ1n) is 10.7. The molecule has 0 aliphatic carbocycles. The average molecular weight is 497 g/mol. The lowest BCUT2D eigenvalue weighted by Crippen LogP contribution is -2.35. The molecule has 2 aromatic rings. The van der Waals surface area contributed by atoms with Crippen LogP contribution in [-0.2, 0) is 21.2 Å². The van der Waals surface area contributed by atoms with Crippen LogP contribution in [0.25, 0.3) is 0 Å². The van der Waals surface area contributed by atoms with Gasteiger partial charge >= 0.3 is 0 Å². The summed E-state index contributed by atoms with van der Waals surface area (Å²) in [6.45, 7) is 0.952. The molecule has 10 heteroatoms. The summed E-state index contributed by atoms with van der Waals surface area (Å²) in [7, 11) is 0.872. The number of nitrogens with zero attached hydrogens (tertiary/aromatic N) is 1. The van der Waals surface area contributed by atoms with E-state index in [0.717, 1.165) is 24.8 Å². The zero-order chi connectivity index (χ0) is 24.0. The molecule has 0 unspecified atom stereocenters. The van der Waals surface area contributed by atoms with Gasteiger partial charge in [-0.2, -0.15) is 4.31 Å². The Morgan fingerprint density at radius 1 is 1.00 bits per heavy atom. The second-order valence-electron chi connectivity index (χ2n) is 7.69. The van der Waals surface area contributed by atoms with Gasteiger partial charge < -0.3 is 19.5 Å². The zero-order valence-corrected chi connectivity index (χ0v) is 20.6. The van der Waals surface area contributed by atoms with Crippen molar-refractivity contribution in [3.63, 3.8) is 0 Å². The highest BCUT2D eigenvalue weighted by Gasteiger charge is 2.28. The third kappa shape index (κ3) is 5.90. The number of methoxy groups -OCH3 is 3. The minimum absolute atomic E-state index is 0.00786. The molecule has 1 saturated heterocycles. The first-order chi connectivity index (χ1) is 15.8. The van der Waals surface area contributed by atoms with E-state index in [1.165, 1.54) is 37.8 Å². The van der Waals surface area contributed by atoms with Gasteiger partial charge in [0, 0.05) is 25.2 Å². The molecule has 0 radical (unpaired) electrons. The number of carbonyl (C=O) groups excluding carboxylic acids is 1. The minimum Gasteiger partial charge on any atom is -0.493 e. The number of hydrogen-bond acceptors (Lipinski definition) is 6. The van der Waals surface area contributed by atoms with E-state index in [4.69, 9.17) is 25.8 Å². The van der Waals surface area contributed by atoms with Gasteiger partial charge in [0.2, 0.25) is 21.7 Å². The maximum atomic E-state index is 13.0. The first-order valence-corrected chi connectivity index (χ1v) is 12.5. The lowest BCUT2D eigenvalue weighted by atomic mass is 10.1. The van der Waals surface area contributed by atoms with Gasteiger partial charge in [0.05, 0.1) is 26.4 Å². The smallest absolute Gasteiger partial charge is 0.244 e. The molecule has 1 heterocycles. The van der Waals surface area contributed by atoms with Crippen molar-refractivity contribution in [3.05, 3.63) is 40.9 Å². The number of nitrogens with one attached hydrogen (secondary N) is 1. The fraction of sp³-hybridized carbons (Fsp3) is 0.435. The van der Waals surface area contributed by atoms with Gasteiger partial charge in [-0.25, -0.2) is 8.42 Å². The third-order valence-electron chi connectivity index (χ3n) is 5.51. The molecule has 8 nitrogen and oxygen atoms in total. The van der Waals surface area contributed by atoms with E-state index < -0.39 is 10.0 Å². The van der Waals surface area contributed by atoms with Gasteiger partial charge in [-0.15, -0.1) is 0 Å². The number of aryl methyl sites for hydroxylation is 1. The predicted octanol–water partition coefficient (Wildman–Crippen LogP) is 4.11. The zero-order valence-electron chi connectivity index (χ0n) is 19.0. The van der Waals surface area contributed by atoms with Crippen LogP contribution >= 0.6 is 11.6 Å². The Morgan fingerprint density at radius 2 is 1.64 bits per heavy atom. The molecule has 180 valence electrons. The summed E-state index contributed by atoms with van der Waals surface area (Å²) in [5, 5.41) is 2.90. The summed E-state index contributed by atoms with van der Waals surface area (Å²) in [6.07, 6.45) is 3.27. The van der Waals surface area contributed by atoms with Crippen LogP contribution in [0.4, 0.5) is 5.69 Å². The molecule has 1 fully saturated rings. The molecule has 33 heavy (non-hydrogen) atoms. The molecule has 1 amide bonds. The maximum absolute atomic E-state index is 13.0. The van der Waals surface area contributed by atoms with Crippen molar-refractivity contribution in [2.24, 2.45) is 0 Å². The number of sulfonamides is 1. The topological polar surface area (TPSA) is 94.2 Å². The number of hydrogen-bond donors (Lipinski definition) is 1. The number of halogens is 1. The highest BCUT2D eigenvalue weighted by atomic mass is 35.5. The van der Waals surface area contributed by atoms with Gasteiger partial charge in [-0.05, 0) is 55.2 Å². The Labute approximate surface area is 199 Å². The van der Waals surface area contributed by atoms with E-state index in [1.54, 1.807) is 18.2 Å².